The predicted molar refractivity (Wildman–Crippen MR) is 94.8 cm³/mol. The van der Waals surface area contributed by atoms with Crippen molar-refractivity contribution in [1.29, 1.82) is 0 Å². The van der Waals surface area contributed by atoms with E-state index in [1.54, 1.807) is 6.92 Å². The third-order valence-electron chi connectivity index (χ3n) is 7.27. The Morgan fingerprint density at radius 2 is 2.00 bits per heavy atom. The van der Waals surface area contributed by atoms with Gasteiger partial charge in [0.1, 0.15) is 0 Å². The summed E-state index contributed by atoms with van der Waals surface area (Å²) in [5.41, 5.74) is 0.122. The van der Waals surface area contributed by atoms with Gasteiger partial charge >= 0.3 is 0 Å². The molecule has 4 fully saturated rings. The summed E-state index contributed by atoms with van der Waals surface area (Å²) in [4.78, 5) is 14.0. The summed E-state index contributed by atoms with van der Waals surface area (Å²) in [6.45, 7) is 6.01. The molecule has 1 amide bonds. The molecule has 0 aromatic carbocycles. The SMILES string of the molecule is CC(=O)NC[C@H]1[C@H]2CN(CCC3CCCCCC3)C[C@]23CC[C@H]1O3. The Balaban J connectivity index is 1.32. The molecule has 24 heavy (non-hydrogen) atoms. The van der Waals surface area contributed by atoms with Gasteiger partial charge in [-0.15, -0.1) is 0 Å². The number of ether oxygens (including phenoxy) is 1. The lowest BCUT2D eigenvalue weighted by Gasteiger charge is -2.29. The van der Waals surface area contributed by atoms with Crippen LogP contribution in [0.5, 0.6) is 0 Å². The fourth-order valence-corrected chi connectivity index (χ4v) is 6.01. The Hall–Kier alpha value is -0.610. The average molecular weight is 335 g/mol. The predicted octanol–water partition coefficient (Wildman–Crippen LogP) is 2.96. The zero-order valence-electron chi connectivity index (χ0n) is 15.3. The van der Waals surface area contributed by atoms with E-state index in [-0.39, 0.29) is 11.5 Å². The molecule has 1 saturated carbocycles. The molecule has 0 aromatic heterocycles. The Morgan fingerprint density at radius 1 is 1.21 bits per heavy atom. The van der Waals surface area contributed by atoms with Gasteiger partial charge in [0.15, 0.2) is 0 Å². The minimum absolute atomic E-state index is 0.0926. The van der Waals surface area contributed by atoms with E-state index in [2.05, 4.69) is 10.2 Å². The molecule has 1 N–H and O–H groups in total. The van der Waals surface area contributed by atoms with Crippen molar-refractivity contribution in [2.24, 2.45) is 17.8 Å². The first-order chi connectivity index (χ1) is 11.7. The molecule has 136 valence electrons. The number of rotatable bonds is 5. The highest BCUT2D eigenvalue weighted by Crippen LogP contribution is 2.54. The monoisotopic (exact) mass is 334 g/mol. The second-order valence-corrected chi connectivity index (χ2v) is 8.85. The van der Waals surface area contributed by atoms with Crippen molar-refractivity contribution in [2.45, 2.75) is 76.4 Å². The molecular weight excluding hydrogens is 300 g/mol. The number of amides is 1. The quantitative estimate of drug-likeness (QED) is 0.786. The molecule has 4 atom stereocenters. The van der Waals surface area contributed by atoms with Crippen LogP contribution in [-0.4, -0.2) is 48.7 Å². The fraction of sp³-hybridized carbons (Fsp3) is 0.950. The topological polar surface area (TPSA) is 41.6 Å². The van der Waals surface area contributed by atoms with Gasteiger partial charge in [-0.05, 0) is 31.7 Å². The van der Waals surface area contributed by atoms with Crippen LogP contribution in [0.15, 0.2) is 0 Å². The molecule has 4 rings (SSSR count). The first kappa shape index (κ1) is 16.8. The van der Waals surface area contributed by atoms with Crippen LogP contribution in [0.25, 0.3) is 0 Å². The maximum atomic E-state index is 11.3. The van der Waals surface area contributed by atoms with Crippen molar-refractivity contribution in [3.63, 3.8) is 0 Å². The van der Waals surface area contributed by atoms with Crippen LogP contribution in [0.1, 0.15) is 64.7 Å². The highest BCUT2D eigenvalue weighted by atomic mass is 16.5. The molecular formula is C20H34N2O2. The number of carbonyl (C=O) groups is 1. The first-order valence-corrected chi connectivity index (χ1v) is 10.3. The molecule has 0 radical (unpaired) electrons. The van der Waals surface area contributed by atoms with Gasteiger partial charge in [-0.2, -0.15) is 0 Å². The van der Waals surface area contributed by atoms with E-state index in [0.29, 0.717) is 17.9 Å². The second kappa shape index (κ2) is 6.95. The Labute approximate surface area is 146 Å². The van der Waals surface area contributed by atoms with Crippen molar-refractivity contribution in [3.05, 3.63) is 0 Å². The summed E-state index contributed by atoms with van der Waals surface area (Å²) in [5.74, 6) is 2.22. The molecule has 1 aliphatic carbocycles. The summed E-state index contributed by atoms with van der Waals surface area (Å²) < 4.78 is 6.48. The summed E-state index contributed by atoms with van der Waals surface area (Å²) in [5, 5.41) is 3.05. The molecule has 1 spiro atoms. The maximum Gasteiger partial charge on any atom is 0.216 e. The Bertz CT molecular complexity index is 461. The second-order valence-electron chi connectivity index (χ2n) is 8.85. The van der Waals surface area contributed by atoms with Gasteiger partial charge in [0.05, 0.1) is 11.7 Å². The van der Waals surface area contributed by atoms with Crippen molar-refractivity contribution in [1.82, 2.24) is 10.2 Å². The van der Waals surface area contributed by atoms with Crippen LogP contribution in [0.4, 0.5) is 0 Å². The van der Waals surface area contributed by atoms with Crippen LogP contribution in [0, 0.1) is 17.8 Å². The molecule has 4 nitrogen and oxygen atoms in total. The zero-order chi connectivity index (χ0) is 16.6. The normalized spacial score (nSPS) is 39.8. The van der Waals surface area contributed by atoms with Gasteiger partial charge in [-0.1, -0.05) is 38.5 Å². The summed E-state index contributed by atoms with van der Waals surface area (Å²) in [6.07, 6.45) is 12.9. The lowest BCUT2D eigenvalue weighted by Crippen LogP contribution is -2.41. The molecule has 4 heteroatoms. The van der Waals surface area contributed by atoms with E-state index in [9.17, 15) is 4.79 Å². The first-order valence-electron chi connectivity index (χ1n) is 10.3. The molecule has 2 bridgehead atoms. The van der Waals surface area contributed by atoms with Gasteiger partial charge in [-0.3, -0.25) is 4.79 Å². The van der Waals surface area contributed by atoms with Crippen molar-refractivity contribution < 1.29 is 9.53 Å². The third kappa shape index (κ3) is 3.24. The van der Waals surface area contributed by atoms with E-state index >= 15 is 0 Å². The van der Waals surface area contributed by atoms with E-state index in [1.165, 1.54) is 70.9 Å². The van der Waals surface area contributed by atoms with Crippen molar-refractivity contribution in [3.8, 4) is 0 Å². The number of carbonyl (C=O) groups excluding carboxylic acids is 1. The smallest absolute Gasteiger partial charge is 0.216 e. The van der Waals surface area contributed by atoms with Crippen LogP contribution >= 0.6 is 0 Å². The molecule has 3 aliphatic heterocycles. The summed E-state index contributed by atoms with van der Waals surface area (Å²) in [7, 11) is 0. The van der Waals surface area contributed by atoms with Gasteiger partial charge < -0.3 is 15.0 Å². The number of hydrogen-bond acceptors (Lipinski definition) is 3. The molecule has 0 unspecified atom stereocenters. The highest BCUT2D eigenvalue weighted by molar-refractivity contribution is 5.72. The zero-order valence-corrected chi connectivity index (χ0v) is 15.3. The van der Waals surface area contributed by atoms with Gasteiger partial charge in [-0.25, -0.2) is 0 Å². The number of likely N-dealkylation sites (tertiary alicyclic amines) is 1. The molecule has 4 aliphatic rings. The number of nitrogens with zero attached hydrogens (tertiary/aromatic N) is 1. The van der Waals surface area contributed by atoms with E-state index in [4.69, 9.17) is 4.74 Å². The minimum atomic E-state index is 0.0926. The maximum absolute atomic E-state index is 11.3. The molecule has 0 aromatic rings. The van der Waals surface area contributed by atoms with E-state index < -0.39 is 0 Å². The van der Waals surface area contributed by atoms with Crippen LogP contribution in [0.2, 0.25) is 0 Å². The number of nitrogens with one attached hydrogen (secondary N) is 1. The lowest BCUT2D eigenvalue weighted by atomic mass is 9.73. The Morgan fingerprint density at radius 3 is 2.75 bits per heavy atom. The van der Waals surface area contributed by atoms with Crippen molar-refractivity contribution >= 4 is 5.91 Å². The average Bonchev–Trinajstić information content (AvgIpc) is 3.12. The number of hydrogen-bond donors (Lipinski definition) is 1. The van der Waals surface area contributed by atoms with Crippen LogP contribution in [0.3, 0.4) is 0 Å². The fourth-order valence-electron chi connectivity index (χ4n) is 6.01. The van der Waals surface area contributed by atoms with Crippen LogP contribution < -0.4 is 5.32 Å². The van der Waals surface area contributed by atoms with E-state index in [1.807, 2.05) is 0 Å². The highest BCUT2D eigenvalue weighted by Gasteiger charge is 2.62. The van der Waals surface area contributed by atoms with E-state index in [0.717, 1.165) is 19.0 Å². The molecule has 3 heterocycles. The lowest BCUT2D eigenvalue weighted by molar-refractivity contribution is -0.119. The summed E-state index contributed by atoms with van der Waals surface area (Å²) >= 11 is 0. The van der Waals surface area contributed by atoms with Gasteiger partial charge in [0.25, 0.3) is 0 Å². The number of fused-ring (bicyclic) bond motifs is 1. The Kier molecular flexibility index (Phi) is 4.88. The van der Waals surface area contributed by atoms with Crippen molar-refractivity contribution in [2.75, 3.05) is 26.2 Å². The van der Waals surface area contributed by atoms with Gasteiger partial charge in [0, 0.05) is 38.4 Å². The largest absolute Gasteiger partial charge is 0.370 e. The summed E-state index contributed by atoms with van der Waals surface area (Å²) in [6, 6.07) is 0. The standard InChI is InChI=1S/C20H34N2O2/c1-15(23)21-12-17-18-13-22(14-20(18)10-8-19(17)24-20)11-9-16-6-4-2-3-5-7-16/h16-19H,2-14H2,1H3,(H,21,23)/t17-,18+,19+,20+/m0/s1. The van der Waals surface area contributed by atoms with Crippen LogP contribution in [-0.2, 0) is 9.53 Å². The third-order valence-corrected chi connectivity index (χ3v) is 7.27. The molecule has 3 saturated heterocycles. The van der Waals surface area contributed by atoms with Gasteiger partial charge in [0.2, 0.25) is 5.91 Å². The minimum Gasteiger partial charge on any atom is -0.370 e.